The third-order valence-corrected chi connectivity index (χ3v) is 3.06. The summed E-state index contributed by atoms with van der Waals surface area (Å²) in [6.45, 7) is 5.05. The van der Waals surface area contributed by atoms with E-state index in [1.54, 1.807) is 7.11 Å². The number of ether oxygens (including phenoxy) is 1. The Labute approximate surface area is 113 Å². The summed E-state index contributed by atoms with van der Waals surface area (Å²) in [6, 6.07) is 6.31. The number of aryl methyl sites for hydroxylation is 1. The van der Waals surface area contributed by atoms with Gasteiger partial charge in [-0.2, -0.15) is 0 Å². The van der Waals surface area contributed by atoms with Crippen molar-refractivity contribution < 1.29 is 4.74 Å². The van der Waals surface area contributed by atoms with Crippen molar-refractivity contribution >= 4 is 17.0 Å². The lowest BCUT2D eigenvalue weighted by Crippen LogP contribution is -2.14. The first-order chi connectivity index (χ1) is 9.26. The second-order valence-corrected chi connectivity index (χ2v) is 4.64. The van der Waals surface area contributed by atoms with Gasteiger partial charge in [-0.3, -0.25) is 0 Å². The molecule has 104 valence electrons. The number of methoxy groups -OCH3 is 1. The lowest BCUT2D eigenvalue weighted by atomic mass is 10.2. The summed E-state index contributed by atoms with van der Waals surface area (Å²) in [5.74, 6) is 0.891. The molecule has 0 saturated heterocycles. The molecule has 0 radical (unpaired) electrons. The number of rotatable bonds is 7. The third-order valence-electron chi connectivity index (χ3n) is 3.06. The Kier molecular flexibility index (Phi) is 4.76. The van der Waals surface area contributed by atoms with Gasteiger partial charge in [0.1, 0.15) is 0 Å². The predicted molar refractivity (Wildman–Crippen MR) is 78.5 cm³/mol. The number of nitrogens with two attached hydrogens (primary N) is 1. The molecule has 0 aliphatic rings. The number of nitrogens with one attached hydrogen (secondary N) is 1. The fraction of sp³-hybridized carbons (Fsp3) is 0.500. The van der Waals surface area contributed by atoms with Gasteiger partial charge in [0.2, 0.25) is 5.95 Å². The Bertz CT molecular complexity index is 535. The quantitative estimate of drug-likeness (QED) is 0.746. The monoisotopic (exact) mass is 262 g/mol. The van der Waals surface area contributed by atoms with Crippen molar-refractivity contribution in [2.45, 2.75) is 19.9 Å². The van der Waals surface area contributed by atoms with Crippen molar-refractivity contribution in [1.29, 1.82) is 0 Å². The van der Waals surface area contributed by atoms with Crippen LogP contribution in [0.5, 0.6) is 0 Å². The summed E-state index contributed by atoms with van der Waals surface area (Å²) in [5.41, 5.74) is 9.05. The molecule has 0 spiro atoms. The summed E-state index contributed by atoms with van der Waals surface area (Å²) < 4.78 is 7.19. The zero-order valence-corrected chi connectivity index (χ0v) is 11.6. The number of imidazole rings is 1. The van der Waals surface area contributed by atoms with Gasteiger partial charge in [0.25, 0.3) is 0 Å². The average molecular weight is 262 g/mol. The first kappa shape index (κ1) is 13.8. The van der Waals surface area contributed by atoms with Crippen LogP contribution in [-0.2, 0) is 11.3 Å². The van der Waals surface area contributed by atoms with Gasteiger partial charge in [-0.1, -0.05) is 6.07 Å². The van der Waals surface area contributed by atoms with Gasteiger partial charge in [-0.05, 0) is 31.0 Å². The Morgan fingerprint density at radius 1 is 1.42 bits per heavy atom. The maximum atomic E-state index is 5.69. The largest absolute Gasteiger partial charge is 0.385 e. The van der Waals surface area contributed by atoms with Crippen LogP contribution < -0.4 is 11.1 Å². The van der Waals surface area contributed by atoms with Crippen molar-refractivity contribution in [2.24, 2.45) is 5.73 Å². The molecular weight excluding hydrogens is 240 g/mol. The van der Waals surface area contributed by atoms with Crippen LogP contribution in [0, 0.1) is 6.92 Å². The van der Waals surface area contributed by atoms with E-state index in [2.05, 4.69) is 40.0 Å². The summed E-state index contributed by atoms with van der Waals surface area (Å²) in [6.07, 6.45) is 0.960. The topological polar surface area (TPSA) is 65.1 Å². The number of aromatic nitrogens is 2. The van der Waals surface area contributed by atoms with Crippen LogP contribution in [0.2, 0.25) is 0 Å². The number of anilines is 1. The minimum Gasteiger partial charge on any atom is -0.385 e. The molecule has 5 heteroatoms. The molecule has 19 heavy (non-hydrogen) atoms. The molecule has 0 amide bonds. The molecular formula is C14H22N4O. The van der Waals surface area contributed by atoms with Crippen LogP contribution in [0.4, 0.5) is 5.95 Å². The molecule has 5 nitrogen and oxygen atoms in total. The molecule has 3 N–H and O–H groups in total. The normalized spacial score (nSPS) is 11.1. The Morgan fingerprint density at radius 2 is 2.26 bits per heavy atom. The molecule has 1 aromatic heterocycles. The number of hydrogen-bond acceptors (Lipinski definition) is 4. The molecule has 1 aromatic carbocycles. The molecule has 0 aliphatic carbocycles. The zero-order chi connectivity index (χ0) is 13.7. The number of hydrogen-bond donors (Lipinski definition) is 2. The van der Waals surface area contributed by atoms with Crippen LogP contribution in [0.15, 0.2) is 18.2 Å². The summed E-state index contributed by atoms with van der Waals surface area (Å²) in [4.78, 5) is 4.65. The van der Waals surface area contributed by atoms with Gasteiger partial charge in [0.15, 0.2) is 0 Å². The van der Waals surface area contributed by atoms with Crippen molar-refractivity contribution in [2.75, 3.05) is 32.1 Å². The van der Waals surface area contributed by atoms with Gasteiger partial charge in [0.05, 0.1) is 11.0 Å². The van der Waals surface area contributed by atoms with E-state index < -0.39 is 0 Å². The molecule has 0 bridgehead atoms. The minimum atomic E-state index is 0.603. The highest BCUT2D eigenvalue weighted by atomic mass is 16.5. The minimum absolute atomic E-state index is 0.603. The maximum Gasteiger partial charge on any atom is 0.203 e. The van der Waals surface area contributed by atoms with Crippen molar-refractivity contribution in [1.82, 2.24) is 9.55 Å². The van der Waals surface area contributed by atoms with Crippen LogP contribution in [0.1, 0.15) is 12.0 Å². The zero-order valence-electron chi connectivity index (χ0n) is 11.6. The summed E-state index contributed by atoms with van der Waals surface area (Å²) >= 11 is 0. The number of benzene rings is 1. The van der Waals surface area contributed by atoms with Crippen molar-refractivity contribution in [3.05, 3.63) is 23.8 Å². The van der Waals surface area contributed by atoms with E-state index in [1.165, 1.54) is 5.56 Å². The molecule has 0 fully saturated rings. The number of fused-ring (bicyclic) bond motifs is 1. The van der Waals surface area contributed by atoms with Gasteiger partial charge in [-0.15, -0.1) is 0 Å². The van der Waals surface area contributed by atoms with E-state index in [-0.39, 0.29) is 0 Å². The lowest BCUT2D eigenvalue weighted by Gasteiger charge is -2.09. The highest BCUT2D eigenvalue weighted by Crippen LogP contribution is 2.20. The first-order valence-electron chi connectivity index (χ1n) is 6.66. The van der Waals surface area contributed by atoms with E-state index in [4.69, 9.17) is 10.5 Å². The molecule has 2 rings (SSSR count). The fourth-order valence-corrected chi connectivity index (χ4v) is 2.15. The number of nitrogens with zero attached hydrogens (tertiary/aromatic N) is 2. The van der Waals surface area contributed by atoms with Crippen LogP contribution in [0.3, 0.4) is 0 Å². The molecule has 2 aromatic rings. The standard InChI is InChI=1S/C14H22N4O/c1-11-4-5-13-12(10-11)17-14(18(13)8-6-15)16-7-3-9-19-2/h4-5,10H,3,6-9,15H2,1-2H3,(H,16,17). The van der Waals surface area contributed by atoms with E-state index in [0.717, 1.165) is 43.1 Å². The summed E-state index contributed by atoms with van der Waals surface area (Å²) in [5, 5.41) is 3.36. The maximum absolute atomic E-state index is 5.69. The molecule has 1 heterocycles. The molecule has 0 saturated carbocycles. The lowest BCUT2D eigenvalue weighted by molar-refractivity contribution is 0.197. The van der Waals surface area contributed by atoms with E-state index in [1.807, 2.05) is 0 Å². The molecule has 0 unspecified atom stereocenters. The SMILES string of the molecule is COCCCNc1nc2cc(C)ccc2n1CCN. The van der Waals surface area contributed by atoms with Gasteiger partial charge in [-0.25, -0.2) is 4.98 Å². The Balaban J connectivity index is 2.22. The second kappa shape index (κ2) is 6.54. The second-order valence-electron chi connectivity index (χ2n) is 4.64. The van der Waals surface area contributed by atoms with Crippen LogP contribution >= 0.6 is 0 Å². The van der Waals surface area contributed by atoms with E-state index in [9.17, 15) is 0 Å². The Hall–Kier alpha value is -1.59. The van der Waals surface area contributed by atoms with E-state index >= 15 is 0 Å². The molecule has 0 aliphatic heterocycles. The highest BCUT2D eigenvalue weighted by molar-refractivity contribution is 5.79. The molecule has 0 atom stereocenters. The smallest absolute Gasteiger partial charge is 0.203 e. The fourth-order valence-electron chi connectivity index (χ4n) is 2.15. The summed E-state index contributed by atoms with van der Waals surface area (Å²) in [7, 11) is 1.71. The van der Waals surface area contributed by atoms with Crippen molar-refractivity contribution in [3.8, 4) is 0 Å². The highest BCUT2D eigenvalue weighted by Gasteiger charge is 2.09. The van der Waals surface area contributed by atoms with Gasteiger partial charge in [0, 0.05) is 33.4 Å². The van der Waals surface area contributed by atoms with Crippen LogP contribution in [-0.4, -0.2) is 36.4 Å². The first-order valence-corrected chi connectivity index (χ1v) is 6.66. The van der Waals surface area contributed by atoms with Crippen molar-refractivity contribution in [3.63, 3.8) is 0 Å². The Morgan fingerprint density at radius 3 is 3.00 bits per heavy atom. The van der Waals surface area contributed by atoms with E-state index in [0.29, 0.717) is 6.54 Å². The third kappa shape index (κ3) is 3.24. The van der Waals surface area contributed by atoms with Crippen LogP contribution in [0.25, 0.3) is 11.0 Å². The van der Waals surface area contributed by atoms with Gasteiger partial charge < -0.3 is 20.4 Å². The predicted octanol–water partition coefficient (Wildman–Crippen LogP) is 1.75. The van der Waals surface area contributed by atoms with Gasteiger partial charge >= 0.3 is 0 Å². The average Bonchev–Trinajstić information content (AvgIpc) is 2.73.